The highest BCUT2D eigenvalue weighted by Crippen LogP contribution is 2.23. The van der Waals surface area contributed by atoms with Crippen molar-refractivity contribution in [2.45, 2.75) is 0 Å². The maximum atomic E-state index is 12.2. The van der Waals surface area contributed by atoms with E-state index in [9.17, 15) is 19.2 Å². The molecule has 0 aliphatic carbocycles. The monoisotopic (exact) mass is 300 g/mol. The van der Waals surface area contributed by atoms with E-state index in [1.54, 1.807) is 0 Å². The molecule has 22 heavy (non-hydrogen) atoms. The molecule has 1 aromatic heterocycles. The van der Waals surface area contributed by atoms with Crippen LogP contribution in [0, 0.1) is 0 Å². The van der Waals surface area contributed by atoms with Crippen LogP contribution in [0.4, 0.5) is 0 Å². The van der Waals surface area contributed by atoms with Crippen molar-refractivity contribution in [3.8, 4) is 0 Å². The number of imide groups is 1. The number of carbonyl (C=O) groups is 4. The molecule has 2 aromatic rings. The Labute approximate surface area is 122 Å². The van der Waals surface area contributed by atoms with Gasteiger partial charge in [0.15, 0.2) is 5.76 Å². The summed E-state index contributed by atoms with van der Waals surface area (Å²) in [5.74, 6) is -3.60. The Morgan fingerprint density at radius 1 is 1.09 bits per heavy atom. The first-order valence-corrected chi connectivity index (χ1v) is 6.09. The number of benzene rings is 1. The highest BCUT2D eigenvalue weighted by atomic mass is 16.4. The zero-order valence-corrected chi connectivity index (χ0v) is 10.9. The van der Waals surface area contributed by atoms with Gasteiger partial charge in [-0.3, -0.25) is 19.8 Å². The van der Waals surface area contributed by atoms with Crippen molar-refractivity contribution < 1.29 is 28.7 Å². The highest BCUT2D eigenvalue weighted by Gasteiger charge is 2.37. The largest absolute Gasteiger partial charge is 0.478 e. The molecule has 8 nitrogen and oxygen atoms in total. The molecule has 1 aliphatic rings. The number of nitrogens with zero attached hydrogens (tertiary/aromatic N) is 1. The predicted molar refractivity (Wildman–Crippen MR) is 70.1 cm³/mol. The van der Waals surface area contributed by atoms with Gasteiger partial charge in [0, 0.05) is 0 Å². The van der Waals surface area contributed by atoms with Crippen LogP contribution in [0.25, 0.3) is 0 Å². The molecule has 0 bridgehead atoms. The van der Waals surface area contributed by atoms with Gasteiger partial charge in [-0.25, -0.2) is 4.79 Å². The number of fused-ring (bicyclic) bond motifs is 1. The molecule has 1 aromatic carbocycles. The molecule has 0 atom stereocenters. The Balaban J connectivity index is 1.90. The standard InChI is InChI=1S/C14H8N2O6/c17-11(10-2-1-5-22-10)15-16-12(18)8-4-3-7(14(20)21)6-9(8)13(16)19/h1-6H,(H,15,17)(H,20,21). The number of carboxylic acid groups (broad SMARTS) is 1. The molecule has 2 N–H and O–H groups in total. The second-order valence-electron chi connectivity index (χ2n) is 4.43. The van der Waals surface area contributed by atoms with E-state index in [0.717, 1.165) is 6.07 Å². The van der Waals surface area contributed by atoms with Gasteiger partial charge in [0.25, 0.3) is 11.8 Å². The van der Waals surface area contributed by atoms with E-state index < -0.39 is 23.7 Å². The number of carbonyl (C=O) groups excluding carboxylic acids is 3. The van der Waals surface area contributed by atoms with Crippen molar-refractivity contribution in [2.24, 2.45) is 0 Å². The second kappa shape index (κ2) is 4.85. The molecule has 0 saturated heterocycles. The summed E-state index contributed by atoms with van der Waals surface area (Å²) >= 11 is 0. The Bertz CT molecular complexity index is 809. The van der Waals surface area contributed by atoms with Crippen LogP contribution in [0.15, 0.2) is 41.0 Å². The zero-order chi connectivity index (χ0) is 15.9. The first-order chi connectivity index (χ1) is 10.5. The third kappa shape index (κ3) is 2.03. The van der Waals surface area contributed by atoms with Crippen molar-refractivity contribution >= 4 is 23.7 Å². The Morgan fingerprint density at radius 3 is 2.45 bits per heavy atom. The fraction of sp³-hybridized carbons (Fsp3) is 0. The number of hydrogen-bond acceptors (Lipinski definition) is 5. The lowest BCUT2D eigenvalue weighted by atomic mass is 10.1. The van der Waals surface area contributed by atoms with Crippen LogP contribution >= 0.6 is 0 Å². The third-order valence-corrected chi connectivity index (χ3v) is 3.09. The maximum absolute atomic E-state index is 12.2. The van der Waals surface area contributed by atoms with Crippen LogP contribution in [0.5, 0.6) is 0 Å². The zero-order valence-electron chi connectivity index (χ0n) is 10.9. The van der Waals surface area contributed by atoms with Crippen molar-refractivity contribution in [1.82, 2.24) is 10.4 Å². The maximum Gasteiger partial charge on any atom is 0.335 e. The van der Waals surface area contributed by atoms with E-state index in [4.69, 9.17) is 9.52 Å². The molecule has 0 radical (unpaired) electrons. The topological polar surface area (TPSA) is 117 Å². The van der Waals surface area contributed by atoms with Gasteiger partial charge >= 0.3 is 11.9 Å². The van der Waals surface area contributed by atoms with E-state index in [1.807, 2.05) is 0 Å². The molecule has 2 heterocycles. The molecule has 3 rings (SSSR count). The molecule has 0 unspecified atom stereocenters. The Hall–Kier alpha value is -3.42. The lowest BCUT2D eigenvalue weighted by Crippen LogP contribution is -2.45. The summed E-state index contributed by atoms with van der Waals surface area (Å²) in [5.41, 5.74) is 1.95. The first-order valence-electron chi connectivity index (χ1n) is 6.09. The number of hydrogen-bond donors (Lipinski definition) is 2. The highest BCUT2D eigenvalue weighted by molar-refractivity contribution is 6.22. The van der Waals surface area contributed by atoms with Gasteiger partial charge < -0.3 is 9.52 Å². The average molecular weight is 300 g/mol. The van der Waals surface area contributed by atoms with Crippen LogP contribution in [0.1, 0.15) is 41.6 Å². The van der Waals surface area contributed by atoms with Crippen LogP contribution in [0.3, 0.4) is 0 Å². The number of furan rings is 1. The van der Waals surface area contributed by atoms with Gasteiger partial charge in [0.2, 0.25) is 0 Å². The quantitative estimate of drug-likeness (QED) is 0.814. The van der Waals surface area contributed by atoms with Gasteiger partial charge in [0.05, 0.1) is 23.0 Å². The van der Waals surface area contributed by atoms with Gasteiger partial charge in [-0.05, 0) is 30.3 Å². The summed E-state index contributed by atoms with van der Waals surface area (Å²) in [6.07, 6.45) is 1.27. The Kier molecular flexibility index (Phi) is 2.99. The molecular weight excluding hydrogens is 292 g/mol. The summed E-state index contributed by atoms with van der Waals surface area (Å²) < 4.78 is 4.86. The van der Waals surface area contributed by atoms with Crippen LogP contribution in [-0.2, 0) is 0 Å². The van der Waals surface area contributed by atoms with Crippen LogP contribution in [-0.4, -0.2) is 33.8 Å². The number of aromatic carboxylic acids is 1. The number of nitrogens with one attached hydrogen (secondary N) is 1. The van der Waals surface area contributed by atoms with Crippen molar-refractivity contribution in [2.75, 3.05) is 0 Å². The predicted octanol–water partition coefficient (Wildman–Crippen LogP) is 0.919. The minimum Gasteiger partial charge on any atom is -0.478 e. The number of carboxylic acids is 1. The minimum atomic E-state index is -1.22. The van der Waals surface area contributed by atoms with Gasteiger partial charge in [0.1, 0.15) is 0 Å². The molecule has 0 spiro atoms. The van der Waals surface area contributed by atoms with Crippen LogP contribution in [0.2, 0.25) is 0 Å². The SMILES string of the molecule is O=C(O)c1ccc2c(c1)C(=O)N(NC(=O)c1ccco1)C2=O. The van der Waals surface area contributed by atoms with Gasteiger partial charge in [-0.15, -0.1) is 0 Å². The summed E-state index contributed by atoms with van der Waals surface area (Å²) in [5, 5.41) is 9.44. The summed E-state index contributed by atoms with van der Waals surface area (Å²) in [7, 11) is 0. The summed E-state index contributed by atoms with van der Waals surface area (Å²) in [4.78, 5) is 47.0. The van der Waals surface area contributed by atoms with Crippen molar-refractivity contribution in [3.05, 3.63) is 59.0 Å². The molecule has 1 aliphatic heterocycles. The molecular formula is C14H8N2O6. The molecule has 110 valence electrons. The van der Waals surface area contributed by atoms with E-state index >= 15 is 0 Å². The summed E-state index contributed by atoms with van der Waals surface area (Å²) in [6.45, 7) is 0. The number of rotatable bonds is 3. The van der Waals surface area contributed by atoms with E-state index in [0.29, 0.717) is 5.01 Å². The minimum absolute atomic E-state index is 0.0229. The third-order valence-electron chi connectivity index (χ3n) is 3.09. The lowest BCUT2D eigenvalue weighted by Gasteiger charge is -2.13. The molecule has 8 heteroatoms. The smallest absolute Gasteiger partial charge is 0.335 e. The normalized spacial score (nSPS) is 13.2. The fourth-order valence-electron chi connectivity index (χ4n) is 2.04. The lowest BCUT2D eigenvalue weighted by molar-refractivity contribution is 0.0510. The van der Waals surface area contributed by atoms with Gasteiger partial charge in [-0.2, -0.15) is 5.01 Å². The first kappa shape index (κ1) is 13.6. The molecule has 0 fully saturated rings. The number of hydrazine groups is 1. The molecule has 0 saturated carbocycles. The van der Waals surface area contributed by atoms with Crippen molar-refractivity contribution in [3.63, 3.8) is 0 Å². The molecule has 3 amide bonds. The summed E-state index contributed by atoms with van der Waals surface area (Å²) in [6, 6.07) is 6.39. The van der Waals surface area contributed by atoms with E-state index in [2.05, 4.69) is 5.43 Å². The van der Waals surface area contributed by atoms with Gasteiger partial charge in [-0.1, -0.05) is 0 Å². The average Bonchev–Trinajstić information content (AvgIpc) is 3.11. The number of amides is 3. The van der Waals surface area contributed by atoms with E-state index in [-0.39, 0.29) is 22.5 Å². The fourth-order valence-corrected chi connectivity index (χ4v) is 2.04. The second-order valence-corrected chi connectivity index (χ2v) is 4.43. The van der Waals surface area contributed by atoms with Crippen LogP contribution < -0.4 is 5.43 Å². The Morgan fingerprint density at radius 2 is 1.82 bits per heavy atom. The van der Waals surface area contributed by atoms with Crippen molar-refractivity contribution in [1.29, 1.82) is 0 Å². The van der Waals surface area contributed by atoms with E-state index in [1.165, 1.54) is 30.5 Å².